The van der Waals surface area contributed by atoms with Gasteiger partial charge >= 0.3 is 0 Å². The van der Waals surface area contributed by atoms with Gasteiger partial charge in [0.05, 0.1) is 18.0 Å². The third-order valence-corrected chi connectivity index (χ3v) is 5.05. The molecule has 2 aromatic carbocycles. The molecule has 2 heterocycles. The maximum Gasteiger partial charge on any atom is 0.143 e. The van der Waals surface area contributed by atoms with Crippen LogP contribution in [-0.4, -0.2) is 27.1 Å². The van der Waals surface area contributed by atoms with Gasteiger partial charge in [-0.1, -0.05) is 54.6 Å². The molecule has 0 aliphatic rings. The maximum absolute atomic E-state index is 9.23. The Kier molecular flexibility index (Phi) is 4.60. The zero-order chi connectivity index (χ0) is 18.8. The van der Waals surface area contributed by atoms with Crippen molar-refractivity contribution < 1.29 is 5.11 Å². The minimum atomic E-state index is 0.0464. The summed E-state index contributed by atoms with van der Waals surface area (Å²) in [5, 5.41) is 10.2. The molecular weight excluding hydrogens is 336 g/mol. The molecule has 4 aromatic rings. The molecule has 2 N–H and O–H groups in total. The van der Waals surface area contributed by atoms with Crippen LogP contribution in [0.3, 0.4) is 0 Å². The van der Waals surface area contributed by atoms with Crippen LogP contribution in [0.25, 0.3) is 22.3 Å². The molecule has 5 heteroatoms. The monoisotopic (exact) mass is 358 g/mol. The smallest absolute Gasteiger partial charge is 0.143 e. The van der Waals surface area contributed by atoms with Gasteiger partial charge in [0.1, 0.15) is 17.8 Å². The fourth-order valence-corrected chi connectivity index (χ4v) is 3.29. The van der Waals surface area contributed by atoms with Crippen molar-refractivity contribution in [3.05, 3.63) is 78.1 Å². The van der Waals surface area contributed by atoms with Crippen molar-refractivity contribution in [3.8, 4) is 11.3 Å². The van der Waals surface area contributed by atoms with Crippen LogP contribution in [0.1, 0.15) is 24.1 Å². The Labute approximate surface area is 158 Å². The van der Waals surface area contributed by atoms with E-state index in [1.54, 1.807) is 6.33 Å². The molecule has 2 aromatic heterocycles. The minimum Gasteiger partial charge on any atom is -0.392 e. The molecule has 0 bridgehead atoms. The highest BCUT2D eigenvalue weighted by molar-refractivity contribution is 5.92. The van der Waals surface area contributed by atoms with Crippen molar-refractivity contribution in [2.75, 3.05) is 11.9 Å². The molecule has 136 valence electrons. The van der Waals surface area contributed by atoms with E-state index < -0.39 is 0 Å². The first-order valence-corrected chi connectivity index (χ1v) is 8.99. The third-order valence-electron chi connectivity index (χ3n) is 5.05. The topological polar surface area (TPSA) is 65.0 Å². The van der Waals surface area contributed by atoms with Crippen LogP contribution in [-0.2, 0) is 6.61 Å². The Balaban J connectivity index is 1.72. The van der Waals surface area contributed by atoms with E-state index in [-0.39, 0.29) is 12.6 Å². The number of hydrogen-bond acceptors (Lipinski definition) is 4. The number of nitrogens with zero attached hydrogens (tertiary/aromatic N) is 3. The summed E-state index contributed by atoms with van der Waals surface area (Å²) >= 11 is 0. The SMILES string of the molecule is CC(c1ccccc1)N(C)c1ncnc2[nH]c(-c3ccc(CO)cc3)cc12. The van der Waals surface area contributed by atoms with Gasteiger partial charge in [0, 0.05) is 12.7 Å². The molecule has 0 spiro atoms. The lowest BCUT2D eigenvalue weighted by molar-refractivity contribution is 0.282. The second-order valence-corrected chi connectivity index (χ2v) is 6.70. The number of aliphatic hydroxyl groups excluding tert-OH is 1. The molecule has 0 aliphatic heterocycles. The summed E-state index contributed by atoms with van der Waals surface area (Å²) in [6.45, 7) is 2.22. The van der Waals surface area contributed by atoms with Crippen molar-refractivity contribution in [3.63, 3.8) is 0 Å². The predicted octanol–water partition coefficient (Wildman–Crippen LogP) is 4.31. The van der Waals surface area contributed by atoms with Gasteiger partial charge in [-0.15, -0.1) is 0 Å². The van der Waals surface area contributed by atoms with Crippen molar-refractivity contribution in [1.29, 1.82) is 0 Å². The highest BCUT2D eigenvalue weighted by Gasteiger charge is 2.17. The van der Waals surface area contributed by atoms with E-state index in [2.05, 4.69) is 64.2 Å². The van der Waals surface area contributed by atoms with Crippen LogP contribution in [0.2, 0.25) is 0 Å². The van der Waals surface area contributed by atoms with E-state index in [9.17, 15) is 5.11 Å². The summed E-state index contributed by atoms with van der Waals surface area (Å²) in [4.78, 5) is 14.5. The van der Waals surface area contributed by atoms with Gasteiger partial charge in [-0.2, -0.15) is 0 Å². The first-order valence-electron chi connectivity index (χ1n) is 8.99. The van der Waals surface area contributed by atoms with Crippen molar-refractivity contribution in [2.45, 2.75) is 19.6 Å². The first-order chi connectivity index (χ1) is 13.2. The van der Waals surface area contributed by atoms with Gasteiger partial charge in [-0.05, 0) is 29.7 Å². The van der Waals surface area contributed by atoms with E-state index in [0.717, 1.165) is 33.7 Å². The second kappa shape index (κ2) is 7.21. The summed E-state index contributed by atoms with van der Waals surface area (Å²) in [5.74, 6) is 0.894. The van der Waals surface area contributed by atoms with Gasteiger partial charge in [-0.3, -0.25) is 0 Å². The number of fused-ring (bicyclic) bond motifs is 1. The standard InChI is InChI=1S/C22H22N4O/c1-15(17-6-4-3-5-7-17)26(2)22-19-12-20(25-21(19)23-14-24-22)18-10-8-16(13-27)9-11-18/h3-12,14-15,27H,13H2,1-2H3,(H,23,24,25). The zero-order valence-electron chi connectivity index (χ0n) is 15.4. The number of H-pyrrole nitrogens is 1. The predicted molar refractivity (Wildman–Crippen MR) is 109 cm³/mol. The van der Waals surface area contributed by atoms with Gasteiger partial charge in [0.15, 0.2) is 0 Å². The lowest BCUT2D eigenvalue weighted by atomic mass is 10.1. The Morgan fingerprint density at radius 3 is 2.48 bits per heavy atom. The maximum atomic E-state index is 9.23. The second-order valence-electron chi connectivity index (χ2n) is 6.70. The van der Waals surface area contributed by atoms with Crippen LogP contribution < -0.4 is 4.90 Å². The molecule has 0 fully saturated rings. The van der Waals surface area contributed by atoms with Gasteiger partial charge in [-0.25, -0.2) is 9.97 Å². The quantitative estimate of drug-likeness (QED) is 0.558. The third kappa shape index (κ3) is 3.29. The Morgan fingerprint density at radius 2 is 1.78 bits per heavy atom. The molecule has 0 radical (unpaired) electrons. The van der Waals surface area contributed by atoms with Crippen molar-refractivity contribution >= 4 is 16.9 Å². The number of aromatic amines is 1. The first kappa shape index (κ1) is 17.2. The molecule has 1 unspecified atom stereocenters. The van der Waals surface area contributed by atoms with Crippen LogP contribution in [0.5, 0.6) is 0 Å². The van der Waals surface area contributed by atoms with Gasteiger partial charge < -0.3 is 15.0 Å². The number of nitrogens with one attached hydrogen (secondary N) is 1. The summed E-state index contributed by atoms with van der Waals surface area (Å²) in [5.41, 5.74) is 4.98. The minimum absolute atomic E-state index is 0.0464. The molecule has 4 rings (SSSR count). The number of aliphatic hydroxyl groups is 1. The molecule has 1 atom stereocenters. The number of hydrogen-bond donors (Lipinski definition) is 2. The van der Waals surface area contributed by atoms with E-state index >= 15 is 0 Å². The average molecular weight is 358 g/mol. The van der Waals surface area contributed by atoms with E-state index in [4.69, 9.17) is 0 Å². The summed E-state index contributed by atoms with van der Waals surface area (Å²) in [6, 6.07) is 20.5. The zero-order valence-corrected chi connectivity index (χ0v) is 15.4. The lowest BCUT2D eigenvalue weighted by Gasteiger charge is -2.26. The van der Waals surface area contributed by atoms with Crippen molar-refractivity contribution in [1.82, 2.24) is 15.0 Å². The van der Waals surface area contributed by atoms with E-state index in [1.807, 2.05) is 30.3 Å². The summed E-state index contributed by atoms with van der Waals surface area (Å²) in [7, 11) is 2.06. The van der Waals surface area contributed by atoms with Crippen molar-refractivity contribution in [2.24, 2.45) is 0 Å². The molecule has 0 aliphatic carbocycles. The number of aromatic nitrogens is 3. The van der Waals surface area contributed by atoms with E-state index in [0.29, 0.717) is 0 Å². The average Bonchev–Trinajstić information content (AvgIpc) is 3.18. The molecule has 5 nitrogen and oxygen atoms in total. The van der Waals surface area contributed by atoms with Crippen LogP contribution in [0, 0.1) is 0 Å². The number of benzene rings is 2. The number of rotatable bonds is 5. The molecule has 0 saturated carbocycles. The Bertz CT molecular complexity index is 1040. The largest absolute Gasteiger partial charge is 0.392 e. The van der Waals surface area contributed by atoms with Gasteiger partial charge in [0.2, 0.25) is 0 Å². The lowest BCUT2D eigenvalue weighted by Crippen LogP contribution is -2.22. The summed E-state index contributed by atoms with van der Waals surface area (Å²) in [6.07, 6.45) is 1.60. The highest BCUT2D eigenvalue weighted by Crippen LogP contribution is 2.32. The molecule has 0 amide bonds. The highest BCUT2D eigenvalue weighted by atomic mass is 16.3. The van der Waals surface area contributed by atoms with Gasteiger partial charge in [0.25, 0.3) is 0 Å². The summed E-state index contributed by atoms with van der Waals surface area (Å²) < 4.78 is 0. The molecular formula is C22H22N4O. The van der Waals surface area contributed by atoms with Crippen LogP contribution >= 0.6 is 0 Å². The molecule has 0 saturated heterocycles. The van der Waals surface area contributed by atoms with Crippen LogP contribution in [0.15, 0.2) is 67.0 Å². The fourth-order valence-electron chi connectivity index (χ4n) is 3.29. The molecule has 27 heavy (non-hydrogen) atoms. The fraction of sp³-hybridized carbons (Fsp3) is 0.182. The number of anilines is 1. The normalized spacial score (nSPS) is 12.3. The Hall–Kier alpha value is -3.18. The van der Waals surface area contributed by atoms with Crippen LogP contribution in [0.4, 0.5) is 5.82 Å². The Morgan fingerprint density at radius 1 is 1.04 bits per heavy atom. The van der Waals surface area contributed by atoms with E-state index in [1.165, 1.54) is 5.56 Å².